The van der Waals surface area contributed by atoms with Crippen molar-refractivity contribution in [1.82, 2.24) is 15.2 Å². The Morgan fingerprint density at radius 1 is 1.14 bits per heavy atom. The molecule has 2 heterocycles. The molecule has 114 valence electrons. The van der Waals surface area contributed by atoms with Gasteiger partial charge in [0.05, 0.1) is 6.42 Å². The number of aromatic nitrogens is 1. The summed E-state index contributed by atoms with van der Waals surface area (Å²) >= 11 is 0. The van der Waals surface area contributed by atoms with Gasteiger partial charge in [0.15, 0.2) is 0 Å². The largest absolute Gasteiger partial charge is 0.390 e. The first-order valence-electron chi connectivity index (χ1n) is 7.11. The van der Waals surface area contributed by atoms with Crippen molar-refractivity contribution in [2.75, 3.05) is 26.2 Å². The summed E-state index contributed by atoms with van der Waals surface area (Å²) < 4.78 is 38.9. The first-order chi connectivity index (χ1) is 10.0. The molecule has 1 saturated heterocycles. The number of benzene rings is 1. The molecule has 3 nitrogen and oxygen atoms in total. The summed E-state index contributed by atoms with van der Waals surface area (Å²) in [7, 11) is 0. The van der Waals surface area contributed by atoms with Gasteiger partial charge in [0, 0.05) is 43.9 Å². The van der Waals surface area contributed by atoms with E-state index in [1.165, 1.54) is 0 Å². The molecule has 0 aliphatic carbocycles. The van der Waals surface area contributed by atoms with Crippen LogP contribution in [-0.2, 0) is 0 Å². The van der Waals surface area contributed by atoms with Crippen LogP contribution in [0.5, 0.6) is 0 Å². The molecule has 0 bridgehead atoms. The van der Waals surface area contributed by atoms with Crippen LogP contribution in [0.1, 0.15) is 18.0 Å². The van der Waals surface area contributed by atoms with Crippen molar-refractivity contribution < 1.29 is 13.2 Å². The number of hydrogen-bond donors (Lipinski definition) is 2. The Morgan fingerprint density at radius 2 is 1.90 bits per heavy atom. The Labute approximate surface area is 121 Å². The minimum atomic E-state index is -4.16. The quantitative estimate of drug-likeness (QED) is 0.912. The van der Waals surface area contributed by atoms with Gasteiger partial charge in [0.1, 0.15) is 0 Å². The Hall–Kier alpha value is -1.53. The molecule has 2 N–H and O–H groups in total. The fourth-order valence-electron chi connectivity index (χ4n) is 2.95. The summed E-state index contributed by atoms with van der Waals surface area (Å²) in [5.41, 5.74) is 1.69. The third kappa shape index (κ3) is 3.39. The summed E-state index contributed by atoms with van der Waals surface area (Å²) in [5.74, 6) is 0. The summed E-state index contributed by atoms with van der Waals surface area (Å²) in [4.78, 5) is 5.00. The average molecular weight is 297 g/mol. The third-order valence-corrected chi connectivity index (χ3v) is 3.98. The second-order valence-corrected chi connectivity index (χ2v) is 5.45. The first-order valence-corrected chi connectivity index (χ1v) is 7.11. The number of rotatable bonds is 3. The van der Waals surface area contributed by atoms with Crippen LogP contribution in [0.2, 0.25) is 0 Å². The highest BCUT2D eigenvalue weighted by Gasteiger charge is 2.35. The van der Waals surface area contributed by atoms with Crippen molar-refractivity contribution in [1.29, 1.82) is 0 Å². The van der Waals surface area contributed by atoms with Gasteiger partial charge in [0.25, 0.3) is 0 Å². The van der Waals surface area contributed by atoms with Crippen molar-refractivity contribution in [3.05, 3.63) is 36.0 Å². The van der Waals surface area contributed by atoms with Crippen LogP contribution in [0.3, 0.4) is 0 Å². The molecule has 1 aliphatic rings. The molecular weight excluding hydrogens is 279 g/mol. The Morgan fingerprint density at radius 3 is 2.62 bits per heavy atom. The lowest BCUT2D eigenvalue weighted by molar-refractivity contribution is -0.148. The molecule has 0 spiro atoms. The smallest absolute Gasteiger partial charge is 0.361 e. The lowest BCUT2D eigenvalue weighted by atomic mass is 9.99. The summed E-state index contributed by atoms with van der Waals surface area (Å²) in [6.07, 6.45) is -3.16. The Kier molecular flexibility index (Phi) is 3.91. The van der Waals surface area contributed by atoms with Crippen LogP contribution < -0.4 is 5.32 Å². The Balaban J connectivity index is 1.92. The topological polar surface area (TPSA) is 31.1 Å². The molecule has 1 aliphatic heterocycles. The second kappa shape index (κ2) is 5.69. The molecule has 1 aromatic carbocycles. The molecule has 0 saturated carbocycles. The lowest BCUT2D eigenvalue weighted by Crippen LogP contribution is -2.46. The fraction of sp³-hybridized carbons (Fsp3) is 0.467. The minimum absolute atomic E-state index is 0.605. The van der Waals surface area contributed by atoms with Crippen LogP contribution in [0, 0.1) is 0 Å². The van der Waals surface area contributed by atoms with Gasteiger partial charge in [-0.25, -0.2) is 0 Å². The summed E-state index contributed by atoms with van der Waals surface area (Å²) in [6, 6.07) is 6.81. The molecule has 21 heavy (non-hydrogen) atoms. The third-order valence-electron chi connectivity index (χ3n) is 3.98. The number of nitrogens with one attached hydrogen (secondary N) is 2. The molecule has 0 radical (unpaired) electrons. The van der Waals surface area contributed by atoms with E-state index >= 15 is 0 Å². The van der Waals surface area contributed by atoms with Gasteiger partial charge in [-0.15, -0.1) is 0 Å². The van der Waals surface area contributed by atoms with Gasteiger partial charge >= 0.3 is 6.18 Å². The number of H-pyrrole nitrogens is 1. The predicted octanol–water partition coefficient (Wildman–Crippen LogP) is 3.07. The summed E-state index contributed by atoms with van der Waals surface area (Å²) in [5, 5.41) is 4.13. The van der Waals surface area contributed by atoms with Gasteiger partial charge in [0.2, 0.25) is 0 Å². The molecule has 2 aromatic rings. The molecule has 3 rings (SSSR count). The van der Waals surface area contributed by atoms with Gasteiger partial charge in [-0.05, 0) is 29.1 Å². The van der Waals surface area contributed by atoms with Crippen LogP contribution in [0.25, 0.3) is 10.9 Å². The number of nitrogens with zero attached hydrogens (tertiary/aromatic N) is 1. The molecule has 0 unspecified atom stereocenters. The fourth-order valence-corrected chi connectivity index (χ4v) is 2.95. The van der Waals surface area contributed by atoms with Gasteiger partial charge in [-0.3, -0.25) is 4.90 Å². The van der Waals surface area contributed by atoms with Gasteiger partial charge in [-0.2, -0.15) is 13.2 Å². The monoisotopic (exact) mass is 297 g/mol. The average Bonchev–Trinajstić information content (AvgIpc) is 2.92. The maximum absolute atomic E-state index is 13.0. The van der Waals surface area contributed by atoms with Gasteiger partial charge < -0.3 is 10.3 Å². The first kappa shape index (κ1) is 14.4. The number of piperazine rings is 1. The van der Waals surface area contributed by atoms with Crippen LogP contribution >= 0.6 is 0 Å². The number of alkyl halides is 3. The number of aromatic amines is 1. The highest BCUT2D eigenvalue weighted by atomic mass is 19.4. The maximum Gasteiger partial charge on any atom is 0.390 e. The lowest BCUT2D eigenvalue weighted by Gasteiger charge is -2.35. The van der Waals surface area contributed by atoms with Crippen molar-refractivity contribution >= 4 is 10.9 Å². The normalized spacial score (nSPS) is 19.0. The molecule has 1 fully saturated rings. The second-order valence-electron chi connectivity index (χ2n) is 5.45. The minimum Gasteiger partial charge on any atom is -0.361 e. The number of fused-ring (bicyclic) bond motifs is 1. The molecule has 1 atom stereocenters. The Bertz CT molecular complexity index is 599. The van der Waals surface area contributed by atoms with E-state index in [0.717, 1.165) is 29.6 Å². The van der Waals surface area contributed by atoms with Crippen molar-refractivity contribution in [3.63, 3.8) is 0 Å². The zero-order valence-electron chi connectivity index (χ0n) is 11.6. The summed E-state index contributed by atoms with van der Waals surface area (Å²) in [6.45, 7) is 2.76. The van der Waals surface area contributed by atoms with Crippen molar-refractivity contribution in [2.45, 2.75) is 18.6 Å². The van der Waals surface area contributed by atoms with Crippen LogP contribution in [0.4, 0.5) is 13.2 Å². The zero-order chi connectivity index (χ0) is 14.9. The molecular formula is C15H18F3N3. The van der Waals surface area contributed by atoms with E-state index in [1.807, 2.05) is 23.1 Å². The maximum atomic E-state index is 13.0. The number of halogens is 3. The van der Waals surface area contributed by atoms with Crippen molar-refractivity contribution in [3.8, 4) is 0 Å². The molecule has 0 amide bonds. The van der Waals surface area contributed by atoms with Crippen molar-refractivity contribution in [2.24, 2.45) is 0 Å². The van der Waals surface area contributed by atoms with Crippen LogP contribution in [-0.4, -0.2) is 42.2 Å². The van der Waals surface area contributed by atoms with E-state index in [4.69, 9.17) is 0 Å². The highest BCUT2D eigenvalue weighted by molar-refractivity contribution is 5.80. The van der Waals surface area contributed by atoms with Crippen LogP contribution in [0.15, 0.2) is 30.5 Å². The SMILES string of the molecule is FC(F)(F)C[C@H](c1ccc2[nH]ccc2c1)N1CCNCC1. The highest BCUT2D eigenvalue weighted by Crippen LogP contribution is 2.35. The standard InChI is InChI=1S/C15H18F3N3/c16-15(17,18)10-14(21-7-5-19-6-8-21)12-1-2-13-11(9-12)3-4-20-13/h1-4,9,14,19-20H,5-8,10H2/t14-/m1/s1. The van der Waals surface area contributed by atoms with E-state index in [0.29, 0.717) is 13.1 Å². The predicted molar refractivity (Wildman–Crippen MR) is 76.2 cm³/mol. The molecule has 6 heteroatoms. The van der Waals surface area contributed by atoms with E-state index in [9.17, 15) is 13.2 Å². The van der Waals surface area contributed by atoms with E-state index < -0.39 is 18.6 Å². The van der Waals surface area contributed by atoms with Gasteiger partial charge in [-0.1, -0.05) is 6.07 Å². The zero-order valence-corrected chi connectivity index (χ0v) is 11.6. The van der Waals surface area contributed by atoms with E-state index in [2.05, 4.69) is 10.3 Å². The molecule has 1 aromatic heterocycles. The number of hydrogen-bond acceptors (Lipinski definition) is 2. The van der Waals surface area contributed by atoms with E-state index in [1.54, 1.807) is 12.3 Å². The van der Waals surface area contributed by atoms with E-state index in [-0.39, 0.29) is 0 Å².